The normalized spacial score (nSPS) is 20.0. The predicted molar refractivity (Wildman–Crippen MR) is 108 cm³/mol. The molecule has 0 radical (unpaired) electrons. The Morgan fingerprint density at radius 1 is 1.35 bits per heavy atom. The van der Waals surface area contributed by atoms with Crippen molar-refractivity contribution in [2.75, 3.05) is 25.0 Å². The second-order valence-corrected chi connectivity index (χ2v) is 8.04. The molecular weight excluding hydrogens is 370 g/mol. The average molecular weight is 396 g/mol. The minimum Gasteiger partial charge on any atom is -0.330 e. The maximum absolute atomic E-state index is 12.3. The molecule has 1 aliphatic rings. The Morgan fingerprint density at radius 2 is 2.08 bits per heavy atom. The van der Waals surface area contributed by atoms with Crippen molar-refractivity contribution in [2.24, 2.45) is 11.1 Å². The molecule has 1 fully saturated rings. The third-order valence-electron chi connectivity index (χ3n) is 4.77. The van der Waals surface area contributed by atoms with Gasteiger partial charge in [-0.1, -0.05) is 37.3 Å². The molecule has 1 aliphatic heterocycles. The third-order valence-corrected chi connectivity index (χ3v) is 5.68. The molecule has 1 amide bonds. The molecule has 3 rings (SSSR count). The Labute approximate surface area is 164 Å². The van der Waals surface area contributed by atoms with Crippen LogP contribution in [0.25, 0.3) is 0 Å². The van der Waals surface area contributed by atoms with Crippen molar-refractivity contribution in [3.63, 3.8) is 0 Å². The third kappa shape index (κ3) is 5.01. The summed E-state index contributed by atoms with van der Waals surface area (Å²) in [5.74, 6) is -0.207. The van der Waals surface area contributed by atoms with Crippen molar-refractivity contribution >= 4 is 35.3 Å². The van der Waals surface area contributed by atoms with E-state index in [0.717, 1.165) is 43.2 Å². The van der Waals surface area contributed by atoms with Crippen molar-refractivity contribution in [1.29, 1.82) is 0 Å². The molecule has 1 aromatic carbocycles. The van der Waals surface area contributed by atoms with Crippen LogP contribution in [-0.2, 0) is 13.0 Å². The number of carbonyl (C=O) groups is 1. The molecule has 2 aromatic rings. The molecule has 1 unspecified atom stereocenters. The van der Waals surface area contributed by atoms with Gasteiger partial charge in [0, 0.05) is 12.2 Å². The van der Waals surface area contributed by atoms with Crippen LogP contribution in [0.15, 0.2) is 24.3 Å². The first kappa shape index (κ1) is 20.8. The van der Waals surface area contributed by atoms with E-state index in [9.17, 15) is 4.79 Å². The molecule has 8 heteroatoms. The van der Waals surface area contributed by atoms with Gasteiger partial charge >= 0.3 is 0 Å². The molecule has 0 aliphatic carbocycles. The quantitative estimate of drug-likeness (QED) is 0.785. The number of aromatic nitrogens is 2. The number of benzene rings is 1. The standard InChI is InChI=1S/C18H25N5OS.ClH/c1-3-13-4-6-14(7-5-13)20-16(24)17-22-21-15(25-17)10-23-9-8-18(2,11-19)12-23;/h4-7H,3,8-12,19H2,1-2H3,(H,20,24);1H. The van der Waals surface area contributed by atoms with Crippen LogP contribution >= 0.6 is 23.7 Å². The number of halogens is 1. The largest absolute Gasteiger partial charge is 0.330 e. The van der Waals surface area contributed by atoms with Gasteiger partial charge in [-0.25, -0.2) is 0 Å². The Hall–Kier alpha value is -1.54. The number of aryl methyl sites for hydroxylation is 1. The summed E-state index contributed by atoms with van der Waals surface area (Å²) < 4.78 is 0. The summed E-state index contributed by atoms with van der Waals surface area (Å²) in [7, 11) is 0. The van der Waals surface area contributed by atoms with Gasteiger partial charge in [0.05, 0.1) is 6.54 Å². The number of amides is 1. The highest BCUT2D eigenvalue weighted by atomic mass is 35.5. The monoisotopic (exact) mass is 395 g/mol. The van der Waals surface area contributed by atoms with E-state index >= 15 is 0 Å². The Kier molecular flexibility index (Phi) is 7.11. The molecule has 0 saturated carbocycles. The van der Waals surface area contributed by atoms with Gasteiger partial charge in [-0.15, -0.1) is 22.6 Å². The fourth-order valence-corrected chi connectivity index (χ4v) is 3.81. The number of hydrogen-bond acceptors (Lipinski definition) is 6. The van der Waals surface area contributed by atoms with E-state index < -0.39 is 0 Å². The van der Waals surface area contributed by atoms with Crippen molar-refractivity contribution in [1.82, 2.24) is 15.1 Å². The molecule has 1 atom stereocenters. The van der Waals surface area contributed by atoms with E-state index in [2.05, 4.69) is 34.3 Å². The van der Waals surface area contributed by atoms with Gasteiger partial charge in [-0.05, 0) is 49.0 Å². The zero-order valence-corrected chi connectivity index (χ0v) is 16.8. The Balaban J connectivity index is 0.00000243. The second-order valence-electron chi connectivity index (χ2n) is 6.98. The zero-order chi connectivity index (χ0) is 17.9. The number of nitrogens with zero attached hydrogens (tertiary/aromatic N) is 3. The number of carbonyl (C=O) groups excluding carboxylic acids is 1. The van der Waals surface area contributed by atoms with Gasteiger partial charge in [-0.3, -0.25) is 9.69 Å². The van der Waals surface area contributed by atoms with Crippen molar-refractivity contribution in [3.05, 3.63) is 39.8 Å². The predicted octanol–water partition coefficient (Wildman–Crippen LogP) is 2.95. The molecule has 2 heterocycles. The van der Waals surface area contributed by atoms with E-state index in [1.807, 2.05) is 24.3 Å². The van der Waals surface area contributed by atoms with Crippen LogP contribution in [0.3, 0.4) is 0 Å². The van der Waals surface area contributed by atoms with E-state index in [1.54, 1.807) is 0 Å². The number of nitrogens with two attached hydrogens (primary N) is 1. The SMILES string of the molecule is CCc1ccc(NC(=O)c2nnc(CN3CCC(C)(CN)C3)s2)cc1.Cl. The average Bonchev–Trinajstić information content (AvgIpc) is 3.23. The molecule has 1 saturated heterocycles. The number of likely N-dealkylation sites (tertiary alicyclic amines) is 1. The lowest BCUT2D eigenvalue weighted by molar-refractivity contribution is 0.102. The van der Waals surface area contributed by atoms with E-state index in [0.29, 0.717) is 11.6 Å². The first-order chi connectivity index (χ1) is 12.0. The Bertz CT molecular complexity index is 735. The highest BCUT2D eigenvalue weighted by molar-refractivity contribution is 7.13. The Morgan fingerprint density at radius 3 is 2.69 bits per heavy atom. The van der Waals surface area contributed by atoms with Crippen LogP contribution < -0.4 is 11.1 Å². The molecule has 3 N–H and O–H groups in total. The van der Waals surface area contributed by atoms with E-state index in [-0.39, 0.29) is 23.7 Å². The number of anilines is 1. The lowest BCUT2D eigenvalue weighted by atomic mass is 9.90. The fourth-order valence-electron chi connectivity index (χ4n) is 3.04. The summed E-state index contributed by atoms with van der Waals surface area (Å²) in [4.78, 5) is 14.7. The minimum absolute atomic E-state index is 0. The summed E-state index contributed by atoms with van der Waals surface area (Å²) >= 11 is 1.36. The van der Waals surface area contributed by atoms with Gasteiger partial charge in [-0.2, -0.15) is 0 Å². The van der Waals surface area contributed by atoms with Gasteiger partial charge in [0.1, 0.15) is 5.01 Å². The number of nitrogens with one attached hydrogen (secondary N) is 1. The molecule has 26 heavy (non-hydrogen) atoms. The van der Waals surface area contributed by atoms with Gasteiger partial charge < -0.3 is 11.1 Å². The summed E-state index contributed by atoms with van der Waals surface area (Å²) in [6, 6.07) is 7.86. The van der Waals surface area contributed by atoms with E-state index in [1.165, 1.54) is 16.9 Å². The highest BCUT2D eigenvalue weighted by Gasteiger charge is 2.32. The van der Waals surface area contributed by atoms with Crippen LogP contribution in [0.5, 0.6) is 0 Å². The maximum Gasteiger partial charge on any atom is 0.286 e. The molecule has 6 nitrogen and oxygen atoms in total. The molecule has 0 bridgehead atoms. The summed E-state index contributed by atoms with van der Waals surface area (Å²) in [6.45, 7) is 7.73. The first-order valence-corrected chi connectivity index (χ1v) is 9.48. The first-order valence-electron chi connectivity index (χ1n) is 8.66. The lowest BCUT2D eigenvalue weighted by Gasteiger charge is -2.21. The van der Waals surface area contributed by atoms with Gasteiger partial charge in [0.2, 0.25) is 5.01 Å². The molecular formula is C18H26ClN5OS. The van der Waals surface area contributed by atoms with Crippen LogP contribution in [0, 0.1) is 5.41 Å². The van der Waals surface area contributed by atoms with Crippen LogP contribution in [0.1, 0.15) is 40.6 Å². The van der Waals surface area contributed by atoms with Gasteiger partial charge in [0.25, 0.3) is 5.91 Å². The van der Waals surface area contributed by atoms with Crippen molar-refractivity contribution < 1.29 is 4.79 Å². The molecule has 1 aromatic heterocycles. The van der Waals surface area contributed by atoms with Crippen LogP contribution in [-0.4, -0.2) is 40.6 Å². The van der Waals surface area contributed by atoms with E-state index in [4.69, 9.17) is 5.73 Å². The van der Waals surface area contributed by atoms with Gasteiger partial charge in [0.15, 0.2) is 0 Å². The highest BCUT2D eigenvalue weighted by Crippen LogP contribution is 2.29. The summed E-state index contributed by atoms with van der Waals surface area (Å²) in [6.07, 6.45) is 2.08. The van der Waals surface area contributed by atoms with Crippen LogP contribution in [0.4, 0.5) is 5.69 Å². The number of rotatable bonds is 6. The minimum atomic E-state index is -0.207. The van der Waals surface area contributed by atoms with Crippen LogP contribution in [0.2, 0.25) is 0 Å². The number of hydrogen-bond donors (Lipinski definition) is 2. The maximum atomic E-state index is 12.3. The summed E-state index contributed by atoms with van der Waals surface area (Å²) in [5.41, 5.74) is 8.06. The topological polar surface area (TPSA) is 84.1 Å². The lowest BCUT2D eigenvalue weighted by Crippen LogP contribution is -2.31. The van der Waals surface area contributed by atoms with Crippen molar-refractivity contribution in [3.8, 4) is 0 Å². The smallest absolute Gasteiger partial charge is 0.286 e. The fraction of sp³-hybridized carbons (Fsp3) is 0.500. The van der Waals surface area contributed by atoms with Crippen molar-refractivity contribution in [2.45, 2.75) is 33.2 Å². The zero-order valence-electron chi connectivity index (χ0n) is 15.2. The summed E-state index contributed by atoms with van der Waals surface area (Å²) in [5, 5.41) is 12.4. The molecule has 0 spiro atoms. The second kappa shape index (κ2) is 8.90. The molecule has 142 valence electrons.